The van der Waals surface area contributed by atoms with Crippen LogP contribution in [0, 0.1) is 0 Å². The van der Waals surface area contributed by atoms with Gasteiger partial charge < -0.3 is 4.74 Å². The van der Waals surface area contributed by atoms with E-state index >= 15 is 0 Å². The lowest BCUT2D eigenvalue weighted by Gasteiger charge is -2.24. The van der Waals surface area contributed by atoms with Gasteiger partial charge in [0.15, 0.2) is 0 Å². The highest BCUT2D eigenvalue weighted by Gasteiger charge is 2.10. The van der Waals surface area contributed by atoms with Crippen LogP contribution in [0.2, 0.25) is 0 Å². The van der Waals surface area contributed by atoms with Gasteiger partial charge in [-0.2, -0.15) is 0 Å². The average molecular weight is 222 g/mol. The Morgan fingerprint density at radius 1 is 1.19 bits per heavy atom. The molecule has 3 nitrogen and oxygen atoms in total. The van der Waals surface area contributed by atoms with Gasteiger partial charge in [0.05, 0.1) is 19.3 Å². The second-order valence-corrected chi connectivity index (χ2v) is 4.67. The minimum Gasteiger partial charge on any atom is -0.379 e. The van der Waals surface area contributed by atoms with Gasteiger partial charge in [0, 0.05) is 19.6 Å². The summed E-state index contributed by atoms with van der Waals surface area (Å²) in [6.07, 6.45) is 8.68. The van der Waals surface area contributed by atoms with Crippen LogP contribution < -0.4 is 0 Å². The summed E-state index contributed by atoms with van der Waals surface area (Å²) in [6, 6.07) is 0.551. The third-order valence-corrected chi connectivity index (χ3v) is 3.38. The Morgan fingerprint density at radius 2 is 1.94 bits per heavy atom. The molecule has 0 spiro atoms. The van der Waals surface area contributed by atoms with Gasteiger partial charge in [-0.15, -0.1) is 0 Å². The molecule has 1 saturated carbocycles. The molecular formula is C13H22N2O. The fraction of sp³-hybridized carbons (Fsp3) is 0.846. The number of aliphatic imine (C=N–C) groups is 1. The maximum Gasteiger partial charge on any atom is 0.0594 e. The van der Waals surface area contributed by atoms with Gasteiger partial charge in [-0.1, -0.05) is 19.3 Å². The van der Waals surface area contributed by atoms with Gasteiger partial charge in [0.2, 0.25) is 0 Å². The maximum absolute atomic E-state index is 5.30. The standard InChI is InChI=1S/C13H22N2O/c1-2-5-13(6-3-1)14-7-4-8-15-9-11-16-12-10-15/h4,13H,1-3,5-6,8-12H2. The molecule has 0 bridgehead atoms. The highest BCUT2D eigenvalue weighted by molar-refractivity contribution is 5.52. The van der Waals surface area contributed by atoms with Crippen molar-refractivity contribution >= 4 is 5.87 Å². The van der Waals surface area contributed by atoms with Crippen molar-refractivity contribution in [3.63, 3.8) is 0 Å². The molecule has 1 heterocycles. The minimum atomic E-state index is 0.551. The van der Waals surface area contributed by atoms with Crippen LogP contribution in [0.5, 0.6) is 0 Å². The zero-order chi connectivity index (χ0) is 11.1. The van der Waals surface area contributed by atoms with Crippen LogP contribution in [0.25, 0.3) is 0 Å². The highest BCUT2D eigenvalue weighted by Crippen LogP contribution is 2.19. The third-order valence-electron chi connectivity index (χ3n) is 3.38. The summed E-state index contributed by atoms with van der Waals surface area (Å²) in [5.74, 6) is 3.12. The van der Waals surface area contributed by atoms with E-state index in [0.29, 0.717) is 6.04 Å². The van der Waals surface area contributed by atoms with Gasteiger partial charge in [-0.3, -0.25) is 4.90 Å². The summed E-state index contributed by atoms with van der Waals surface area (Å²) in [7, 11) is 0. The van der Waals surface area contributed by atoms with Crippen LogP contribution in [0.3, 0.4) is 0 Å². The van der Waals surface area contributed by atoms with Crippen molar-refractivity contribution in [2.24, 2.45) is 4.99 Å². The molecule has 3 heteroatoms. The Bertz CT molecular complexity index is 247. The Morgan fingerprint density at radius 3 is 2.69 bits per heavy atom. The predicted octanol–water partition coefficient (Wildman–Crippen LogP) is 1.88. The van der Waals surface area contributed by atoms with Crippen LogP contribution in [0.4, 0.5) is 0 Å². The summed E-state index contributed by atoms with van der Waals surface area (Å²) in [5.41, 5.74) is 0. The first-order valence-electron chi connectivity index (χ1n) is 6.52. The smallest absolute Gasteiger partial charge is 0.0594 e. The van der Waals surface area contributed by atoms with Crippen molar-refractivity contribution in [3.8, 4) is 0 Å². The van der Waals surface area contributed by atoms with E-state index in [1.807, 2.05) is 0 Å². The molecule has 0 amide bonds. The average Bonchev–Trinajstić information content (AvgIpc) is 2.37. The monoisotopic (exact) mass is 222 g/mol. The molecule has 2 aliphatic rings. The van der Waals surface area contributed by atoms with Crippen molar-refractivity contribution < 1.29 is 4.74 Å². The lowest BCUT2D eigenvalue weighted by atomic mass is 9.96. The maximum atomic E-state index is 5.30. The Kier molecular flexibility index (Phi) is 5.07. The van der Waals surface area contributed by atoms with E-state index in [1.54, 1.807) is 0 Å². The van der Waals surface area contributed by atoms with Crippen molar-refractivity contribution in [2.75, 3.05) is 32.8 Å². The summed E-state index contributed by atoms with van der Waals surface area (Å²) in [5, 5.41) is 0. The summed E-state index contributed by atoms with van der Waals surface area (Å²) < 4.78 is 5.30. The molecule has 1 aliphatic carbocycles. The molecule has 0 radical (unpaired) electrons. The first kappa shape index (κ1) is 11.8. The molecule has 2 fully saturated rings. The van der Waals surface area contributed by atoms with Gasteiger partial charge in [-0.05, 0) is 24.8 Å². The largest absolute Gasteiger partial charge is 0.379 e. The topological polar surface area (TPSA) is 24.8 Å². The van der Waals surface area contributed by atoms with Crippen LogP contribution in [-0.4, -0.2) is 49.7 Å². The number of hydrogen-bond acceptors (Lipinski definition) is 3. The van der Waals surface area contributed by atoms with E-state index in [9.17, 15) is 0 Å². The van der Waals surface area contributed by atoms with Gasteiger partial charge in [-0.25, -0.2) is 4.99 Å². The zero-order valence-corrected chi connectivity index (χ0v) is 10.0. The molecule has 1 saturated heterocycles. The number of hydrogen-bond donors (Lipinski definition) is 0. The second-order valence-electron chi connectivity index (χ2n) is 4.67. The van der Waals surface area contributed by atoms with Crippen LogP contribution in [-0.2, 0) is 4.74 Å². The SMILES string of the molecule is C(=CCN1CCOCC1)=NC1CCCCC1. The number of nitrogens with zero attached hydrogens (tertiary/aromatic N) is 2. The zero-order valence-electron chi connectivity index (χ0n) is 10.0. The fourth-order valence-electron chi connectivity index (χ4n) is 2.32. The minimum absolute atomic E-state index is 0.551. The molecular weight excluding hydrogens is 200 g/mol. The molecule has 90 valence electrons. The fourth-order valence-corrected chi connectivity index (χ4v) is 2.32. The van der Waals surface area contributed by atoms with Gasteiger partial charge >= 0.3 is 0 Å². The van der Waals surface area contributed by atoms with Crippen molar-refractivity contribution in [3.05, 3.63) is 6.08 Å². The molecule has 1 aliphatic heterocycles. The lowest BCUT2D eigenvalue weighted by Crippen LogP contribution is -2.36. The molecule has 0 aromatic carbocycles. The summed E-state index contributed by atoms with van der Waals surface area (Å²) >= 11 is 0. The summed E-state index contributed by atoms with van der Waals surface area (Å²) in [6.45, 7) is 4.80. The van der Waals surface area contributed by atoms with E-state index in [0.717, 1.165) is 32.8 Å². The molecule has 0 aromatic rings. The van der Waals surface area contributed by atoms with Crippen LogP contribution in [0.1, 0.15) is 32.1 Å². The van der Waals surface area contributed by atoms with Crippen LogP contribution >= 0.6 is 0 Å². The van der Waals surface area contributed by atoms with Crippen molar-refractivity contribution in [1.82, 2.24) is 4.90 Å². The van der Waals surface area contributed by atoms with Crippen molar-refractivity contribution in [2.45, 2.75) is 38.1 Å². The summed E-state index contributed by atoms with van der Waals surface area (Å²) in [4.78, 5) is 6.89. The first-order valence-corrected chi connectivity index (χ1v) is 6.52. The molecule has 2 rings (SSSR count). The Labute approximate surface area is 98.2 Å². The van der Waals surface area contributed by atoms with Crippen LogP contribution in [0.15, 0.2) is 11.1 Å². The lowest BCUT2D eigenvalue weighted by molar-refractivity contribution is 0.0435. The van der Waals surface area contributed by atoms with Gasteiger partial charge in [0.25, 0.3) is 0 Å². The number of ether oxygens (including phenoxy) is 1. The number of rotatable bonds is 3. The molecule has 0 unspecified atom stereocenters. The van der Waals surface area contributed by atoms with E-state index in [1.165, 1.54) is 32.1 Å². The van der Waals surface area contributed by atoms with E-state index in [2.05, 4.69) is 21.8 Å². The predicted molar refractivity (Wildman–Crippen MR) is 66.1 cm³/mol. The van der Waals surface area contributed by atoms with E-state index in [-0.39, 0.29) is 0 Å². The second kappa shape index (κ2) is 6.85. The van der Waals surface area contributed by atoms with E-state index < -0.39 is 0 Å². The number of morpholine rings is 1. The quantitative estimate of drug-likeness (QED) is 0.681. The highest BCUT2D eigenvalue weighted by atomic mass is 16.5. The molecule has 0 N–H and O–H groups in total. The Hall–Kier alpha value is -0.630. The molecule has 0 aromatic heterocycles. The normalized spacial score (nSPS) is 23.8. The first-order chi connectivity index (χ1) is 7.95. The third kappa shape index (κ3) is 4.09. The Balaban J connectivity index is 1.68. The van der Waals surface area contributed by atoms with Gasteiger partial charge in [0.1, 0.15) is 0 Å². The molecule has 0 atom stereocenters. The van der Waals surface area contributed by atoms with Crippen molar-refractivity contribution in [1.29, 1.82) is 0 Å². The van der Waals surface area contributed by atoms with E-state index in [4.69, 9.17) is 4.74 Å². The molecule has 16 heavy (non-hydrogen) atoms.